The van der Waals surface area contributed by atoms with Gasteiger partial charge in [0.25, 0.3) is 0 Å². The molecule has 1 aliphatic rings. The molecule has 0 aromatic carbocycles. The van der Waals surface area contributed by atoms with E-state index in [0.29, 0.717) is 26.1 Å². The molecule has 6 nitrogen and oxygen atoms in total. The van der Waals surface area contributed by atoms with Gasteiger partial charge in [0, 0.05) is 19.4 Å². The minimum absolute atomic E-state index is 0.0727. The Morgan fingerprint density at radius 1 is 1.53 bits per heavy atom. The van der Waals surface area contributed by atoms with E-state index in [2.05, 4.69) is 10.3 Å². The Morgan fingerprint density at radius 3 is 2.88 bits per heavy atom. The molecule has 1 aromatic heterocycles. The number of anilines is 1. The van der Waals surface area contributed by atoms with Gasteiger partial charge in [-0.3, -0.25) is 4.79 Å². The molecule has 0 unspecified atom stereocenters. The van der Waals surface area contributed by atoms with E-state index in [-0.39, 0.29) is 17.5 Å². The number of hydrogen-bond donors (Lipinski definition) is 3. The van der Waals surface area contributed by atoms with E-state index >= 15 is 0 Å². The van der Waals surface area contributed by atoms with Gasteiger partial charge in [0.2, 0.25) is 5.91 Å². The predicted molar refractivity (Wildman–Crippen MR) is 61.5 cm³/mol. The molecule has 1 aliphatic heterocycles. The summed E-state index contributed by atoms with van der Waals surface area (Å²) >= 11 is 0. The molecule has 1 aromatic rings. The maximum atomic E-state index is 12.0. The first kappa shape index (κ1) is 11.8. The number of carbonyl (C=O) groups excluding carboxylic acids is 1. The number of nitrogens with zero attached hydrogens (tertiary/aromatic N) is 1. The van der Waals surface area contributed by atoms with Gasteiger partial charge in [0.1, 0.15) is 5.54 Å². The number of nitrogens with two attached hydrogens (primary N) is 1. The highest BCUT2D eigenvalue weighted by Crippen LogP contribution is 2.23. The molecule has 0 aliphatic carbocycles. The zero-order valence-corrected chi connectivity index (χ0v) is 9.35. The number of aromatic hydroxyl groups is 1. The molecule has 0 bridgehead atoms. The topological polar surface area (TPSA) is 97.5 Å². The van der Waals surface area contributed by atoms with Gasteiger partial charge in [-0.05, 0) is 25.0 Å². The Balaban J connectivity index is 2.08. The Hall–Kier alpha value is -1.66. The van der Waals surface area contributed by atoms with Crippen LogP contribution in [-0.4, -0.2) is 34.8 Å². The maximum absolute atomic E-state index is 12.0. The van der Waals surface area contributed by atoms with Crippen molar-refractivity contribution in [3.05, 3.63) is 18.3 Å². The zero-order valence-electron chi connectivity index (χ0n) is 9.35. The van der Waals surface area contributed by atoms with E-state index in [1.54, 1.807) is 6.07 Å². The average Bonchev–Trinajstić information content (AvgIpc) is 2.33. The Bertz CT molecular complexity index is 416. The Labute approximate surface area is 98.8 Å². The van der Waals surface area contributed by atoms with Crippen LogP contribution >= 0.6 is 0 Å². The van der Waals surface area contributed by atoms with Gasteiger partial charge in [-0.25, -0.2) is 4.98 Å². The molecule has 0 radical (unpaired) electrons. The smallest absolute Gasteiger partial charge is 0.245 e. The summed E-state index contributed by atoms with van der Waals surface area (Å²) in [6, 6.07) is 3.04. The van der Waals surface area contributed by atoms with Crippen molar-refractivity contribution in [2.75, 3.05) is 18.5 Å². The van der Waals surface area contributed by atoms with Gasteiger partial charge >= 0.3 is 0 Å². The van der Waals surface area contributed by atoms with Crippen molar-refractivity contribution in [1.29, 1.82) is 0 Å². The van der Waals surface area contributed by atoms with Gasteiger partial charge < -0.3 is 20.9 Å². The minimum atomic E-state index is -0.942. The van der Waals surface area contributed by atoms with E-state index in [9.17, 15) is 9.90 Å². The quantitative estimate of drug-likeness (QED) is 0.684. The number of hydrogen-bond acceptors (Lipinski definition) is 5. The normalized spacial score (nSPS) is 18.6. The summed E-state index contributed by atoms with van der Waals surface area (Å²) in [5, 5.41) is 12.0. The molecule has 1 fully saturated rings. The summed E-state index contributed by atoms with van der Waals surface area (Å²) in [5.74, 6) is -0.278. The molecule has 0 saturated carbocycles. The molecular formula is C11H15N3O3. The number of carbonyl (C=O) groups is 1. The lowest BCUT2D eigenvalue weighted by molar-refractivity contribution is -0.124. The van der Waals surface area contributed by atoms with Crippen LogP contribution in [0.4, 0.5) is 5.82 Å². The third kappa shape index (κ3) is 2.54. The van der Waals surface area contributed by atoms with E-state index in [1.807, 2.05) is 0 Å². The third-order valence-electron chi connectivity index (χ3n) is 2.86. The maximum Gasteiger partial charge on any atom is 0.245 e. The van der Waals surface area contributed by atoms with Crippen LogP contribution in [0.3, 0.4) is 0 Å². The average molecular weight is 237 g/mol. The molecule has 2 heterocycles. The number of pyridine rings is 1. The van der Waals surface area contributed by atoms with Crippen LogP contribution < -0.4 is 11.1 Å². The van der Waals surface area contributed by atoms with Crippen molar-refractivity contribution in [2.24, 2.45) is 5.73 Å². The molecule has 92 valence electrons. The summed E-state index contributed by atoms with van der Waals surface area (Å²) in [6.07, 6.45) is 2.42. The highest BCUT2D eigenvalue weighted by Gasteiger charge is 2.36. The lowest BCUT2D eigenvalue weighted by atomic mass is 9.90. The second kappa shape index (κ2) is 4.68. The van der Waals surface area contributed by atoms with Crippen LogP contribution in [0.15, 0.2) is 18.3 Å². The van der Waals surface area contributed by atoms with E-state index in [0.717, 1.165) is 0 Å². The number of aromatic nitrogens is 1. The molecule has 2 rings (SSSR count). The summed E-state index contributed by atoms with van der Waals surface area (Å²) < 4.78 is 5.16. The largest absolute Gasteiger partial charge is 0.504 e. The summed E-state index contributed by atoms with van der Waals surface area (Å²) in [5.41, 5.74) is 5.06. The van der Waals surface area contributed by atoms with Gasteiger partial charge in [-0.1, -0.05) is 0 Å². The molecule has 1 amide bonds. The van der Waals surface area contributed by atoms with E-state index in [4.69, 9.17) is 10.5 Å². The number of nitrogens with one attached hydrogen (secondary N) is 1. The molecule has 0 atom stereocenters. The van der Waals surface area contributed by atoms with Gasteiger partial charge in [-0.2, -0.15) is 0 Å². The zero-order chi connectivity index (χ0) is 12.3. The summed E-state index contributed by atoms with van der Waals surface area (Å²) in [6.45, 7) is 0.941. The molecule has 1 saturated heterocycles. The number of amides is 1. The van der Waals surface area contributed by atoms with Crippen LogP contribution in [0.5, 0.6) is 5.75 Å². The fourth-order valence-corrected chi connectivity index (χ4v) is 1.69. The second-order valence-electron chi connectivity index (χ2n) is 4.09. The van der Waals surface area contributed by atoms with Crippen molar-refractivity contribution in [3.8, 4) is 5.75 Å². The van der Waals surface area contributed by atoms with Crippen LogP contribution in [0.1, 0.15) is 12.8 Å². The first-order valence-electron chi connectivity index (χ1n) is 5.44. The highest BCUT2D eigenvalue weighted by molar-refractivity contribution is 5.98. The first-order valence-corrected chi connectivity index (χ1v) is 5.44. The van der Waals surface area contributed by atoms with Crippen molar-refractivity contribution >= 4 is 11.7 Å². The van der Waals surface area contributed by atoms with Gasteiger partial charge in [-0.15, -0.1) is 0 Å². The van der Waals surface area contributed by atoms with Crippen LogP contribution in [0, 0.1) is 0 Å². The Morgan fingerprint density at radius 2 is 2.24 bits per heavy atom. The molecular weight excluding hydrogens is 222 g/mol. The van der Waals surface area contributed by atoms with Crippen molar-refractivity contribution < 1.29 is 14.6 Å². The Kier molecular flexibility index (Phi) is 3.26. The third-order valence-corrected chi connectivity index (χ3v) is 2.86. The molecule has 0 spiro atoms. The van der Waals surface area contributed by atoms with Crippen LogP contribution in [0.25, 0.3) is 0 Å². The van der Waals surface area contributed by atoms with Crippen molar-refractivity contribution in [2.45, 2.75) is 18.4 Å². The SMILES string of the molecule is NC1(C(=O)Nc2ncccc2O)CCOCC1. The van der Waals surface area contributed by atoms with E-state index < -0.39 is 5.54 Å². The van der Waals surface area contributed by atoms with E-state index in [1.165, 1.54) is 12.3 Å². The summed E-state index contributed by atoms with van der Waals surface area (Å²) in [7, 11) is 0. The fourth-order valence-electron chi connectivity index (χ4n) is 1.69. The predicted octanol–water partition coefficient (Wildman–Crippen LogP) is 0.234. The lowest BCUT2D eigenvalue weighted by Gasteiger charge is -2.31. The summed E-state index contributed by atoms with van der Waals surface area (Å²) in [4.78, 5) is 15.9. The first-order chi connectivity index (χ1) is 8.12. The van der Waals surface area contributed by atoms with Crippen molar-refractivity contribution in [1.82, 2.24) is 4.98 Å². The lowest BCUT2D eigenvalue weighted by Crippen LogP contribution is -2.54. The van der Waals surface area contributed by atoms with Gasteiger partial charge in [0.15, 0.2) is 11.6 Å². The molecule has 6 heteroatoms. The molecule has 17 heavy (non-hydrogen) atoms. The minimum Gasteiger partial charge on any atom is -0.504 e. The second-order valence-corrected chi connectivity index (χ2v) is 4.09. The van der Waals surface area contributed by atoms with Crippen LogP contribution in [-0.2, 0) is 9.53 Å². The highest BCUT2D eigenvalue weighted by atomic mass is 16.5. The standard InChI is InChI=1S/C11H15N3O3/c12-11(3-6-17-7-4-11)10(16)14-9-8(15)2-1-5-13-9/h1-2,5,15H,3-4,6-7,12H2,(H,13,14,16). The molecule has 4 N–H and O–H groups in total. The van der Waals surface area contributed by atoms with Crippen LogP contribution in [0.2, 0.25) is 0 Å². The van der Waals surface area contributed by atoms with Crippen molar-refractivity contribution in [3.63, 3.8) is 0 Å². The fraction of sp³-hybridized carbons (Fsp3) is 0.455. The number of ether oxygens (including phenoxy) is 1. The monoisotopic (exact) mass is 237 g/mol. The number of rotatable bonds is 2. The van der Waals surface area contributed by atoms with Gasteiger partial charge in [0.05, 0.1) is 0 Å².